The minimum atomic E-state index is -0.591. The average Bonchev–Trinajstić information content (AvgIpc) is 3.18. The third kappa shape index (κ3) is 5.67. The van der Waals surface area contributed by atoms with Gasteiger partial charge in [0.05, 0.1) is 17.2 Å². The summed E-state index contributed by atoms with van der Waals surface area (Å²) in [5.41, 5.74) is 1.96. The van der Waals surface area contributed by atoms with Crippen LogP contribution >= 0.6 is 11.8 Å². The lowest BCUT2D eigenvalue weighted by Crippen LogP contribution is -2.16. The summed E-state index contributed by atoms with van der Waals surface area (Å²) in [6.45, 7) is 3.68. The number of aryl methyl sites for hydroxylation is 1. The summed E-state index contributed by atoms with van der Waals surface area (Å²) in [6, 6.07) is 16.0. The monoisotopic (exact) mass is 435 g/mol. The number of hydrogen-bond acceptors (Lipinski definition) is 7. The Hall–Kier alpha value is -3.71. The predicted octanol–water partition coefficient (Wildman–Crippen LogP) is 2.99. The van der Waals surface area contributed by atoms with Crippen LogP contribution in [0.2, 0.25) is 0 Å². The number of tetrazole rings is 1. The molecule has 1 heterocycles. The first-order valence-corrected chi connectivity index (χ1v) is 10.4. The first-order valence-electron chi connectivity index (χ1n) is 9.37. The number of aromatic nitrogens is 4. The second kappa shape index (κ2) is 9.40. The molecule has 158 valence electrons. The van der Waals surface area contributed by atoms with E-state index >= 15 is 0 Å². The van der Waals surface area contributed by atoms with Crippen LogP contribution in [0.15, 0.2) is 53.7 Å². The van der Waals surface area contributed by atoms with Gasteiger partial charge in [-0.25, -0.2) is 4.68 Å². The lowest BCUT2D eigenvalue weighted by atomic mass is 9.86. The van der Waals surface area contributed by atoms with Crippen molar-refractivity contribution in [1.29, 1.82) is 5.26 Å². The van der Waals surface area contributed by atoms with Crippen molar-refractivity contribution in [2.75, 3.05) is 16.4 Å². The summed E-state index contributed by atoms with van der Waals surface area (Å²) in [4.78, 5) is 24.6. The molecule has 0 saturated carbocycles. The third-order valence-corrected chi connectivity index (χ3v) is 5.50. The lowest BCUT2D eigenvalue weighted by molar-refractivity contribution is -0.113. The van der Waals surface area contributed by atoms with E-state index in [4.69, 9.17) is 0 Å². The Morgan fingerprint density at radius 1 is 1.06 bits per heavy atom. The molecule has 2 amide bonds. The largest absolute Gasteiger partial charge is 0.325 e. The van der Waals surface area contributed by atoms with E-state index < -0.39 is 5.41 Å². The van der Waals surface area contributed by atoms with Crippen LogP contribution < -0.4 is 10.6 Å². The Kier molecular flexibility index (Phi) is 6.67. The number of amides is 2. The van der Waals surface area contributed by atoms with Crippen molar-refractivity contribution in [2.45, 2.75) is 24.4 Å². The van der Waals surface area contributed by atoms with Gasteiger partial charge in [-0.05, 0) is 66.2 Å². The molecule has 0 saturated heterocycles. The van der Waals surface area contributed by atoms with E-state index in [2.05, 4.69) is 32.2 Å². The second-order valence-electron chi connectivity index (χ2n) is 7.27. The highest BCUT2D eigenvalue weighted by Crippen LogP contribution is 2.24. The Bertz CT molecular complexity index is 1120. The van der Waals surface area contributed by atoms with Crippen LogP contribution in [0, 0.1) is 11.3 Å². The van der Waals surface area contributed by atoms with Gasteiger partial charge in [-0.3, -0.25) is 9.59 Å². The third-order valence-electron chi connectivity index (χ3n) is 4.49. The molecule has 0 spiro atoms. The number of nitrogens with one attached hydrogen (secondary N) is 2. The lowest BCUT2D eigenvalue weighted by Gasteiger charge is -2.16. The minimum absolute atomic E-state index is 0.162. The van der Waals surface area contributed by atoms with Crippen molar-refractivity contribution in [3.8, 4) is 6.07 Å². The standard InChI is InChI=1S/C21H21N7O2S/c1-21(2,13-22)15-6-10-17(11-7-15)24-19(30)14-4-8-16(9-5-14)23-18(29)12-31-20-25-26-27-28(20)3/h4-11H,12H2,1-3H3,(H,23,29)(H,24,30). The number of carbonyl (C=O) groups excluding carboxylic acids is 2. The fourth-order valence-corrected chi connectivity index (χ4v) is 3.26. The van der Waals surface area contributed by atoms with Crippen LogP contribution in [0.5, 0.6) is 0 Å². The second-order valence-corrected chi connectivity index (χ2v) is 8.21. The van der Waals surface area contributed by atoms with Gasteiger partial charge in [-0.15, -0.1) is 5.10 Å². The molecular weight excluding hydrogens is 414 g/mol. The van der Waals surface area contributed by atoms with Crippen LogP contribution in [-0.4, -0.2) is 37.8 Å². The van der Waals surface area contributed by atoms with Gasteiger partial charge in [-0.1, -0.05) is 23.9 Å². The van der Waals surface area contributed by atoms with E-state index in [1.165, 1.54) is 16.4 Å². The molecule has 2 N–H and O–H groups in total. The zero-order chi connectivity index (χ0) is 22.4. The van der Waals surface area contributed by atoms with Gasteiger partial charge in [0.1, 0.15) is 0 Å². The maximum Gasteiger partial charge on any atom is 0.255 e. The predicted molar refractivity (Wildman–Crippen MR) is 118 cm³/mol. The van der Waals surface area contributed by atoms with Gasteiger partial charge >= 0.3 is 0 Å². The molecule has 3 rings (SSSR count). The highest BCUT2D eigenvalue weighted by molar-refractivity contribution is 7.99. The smallest absolute Gasteiger partial charge is 0.255 e. The Morgan fingerprint density at radius 2 is 1.68 bits per heavy atom. The minimum Gasteiger partial charge on any atom is -0.325 e. The Morgan fingerprint density at radius 3 is 2.26 bits per heavy atom. The van der Waals surface area contributed by atoms with Crippen molar-refractivity contribution in [2.24, 2.45) is 7.05 Å². The van der Waals surface area contributed by atoms with Crippen molar-refractivity contribution in [3.63, 3.8) is 0 Å². The molecule has 0 radical (unpaired) electrons. The van der Waals surface area contributed by atoms with Crippen LogP contribution in [0.25, 0.3) is 0 Å². The fourth-order valence-electron chi connectivity index (χ4n) is 2.61. The zero-order valence-corrected chi connectivity index (χ0v) is 18.1. The number of nitriles is 1. The van der Waals surface area contributed by atoms with Crippen molar-refractivity contribution < 1.29 is 9.59 Å². The molecule has 0 aliphatic rings. The van der Waals surface area contributed by atoms with Crippen LogP contribution in [0.4, 0.5) is 11.4 Å². The fraction of sp³-hybridized carbons (Fsp3) is 0.238. The average molecular weight is 436 g/mol. The highest BCUT2D eigenvalue weighted by atomic mass is 32.2. The molecular formula is C21H21N7O2S. The van der Waals surface area contributed by atoms with Crippen LogP contribution in [-0.2, 0) is 17.3 Å². The maximum absolute atomic E-state index is 12.5. The van der Waals surface area contributed by atoms with Crippen LogP contribution in [0.3, 0.4) is 0 Å². The summed E-state index contributed by atoms with van der Waals surface area (Å²) in [5, 5.41) is 26.4. The summed E-state index contributed by atoms with van der Waals surface area (Å²) >= 11 is 1.23. The summed E-state index contributed by atoms with van der Waals surface area (Å²) in [6.07, 6.45) is 0. The van der Waals surface area contributed by atoms with Gasteiger partial charge in [0.25, 0.3) is 5.91 Å². The number of benzene rings is 2. The highest BCUT2D eigenvalue weighted by Gasteiger charge is 2.19. The molecule has 0 fully saturated rings. The van der Waals surface area contributed by atoms with Gasteiger partial charge in [0.15, 0.2) is 0 Å². The first kappa shape index (κ1) is 22.0. The molecule has 0 aliphatic carbocycles. The quantitative estimate of drug-likeness (QED) is 0.546. The van der Waals surface area contributed by atoms with E-state index in [0.717, 1.165) is 5.56 Å². The number of hydrogen-bond donors (Lipinski definition) is 2. The van der Waals surface area contributed by atoms with Gasteiger partial charge in [0, 0.05) is 24.0 Å². The topological polar surface area (TPSA) is 126 Å². The zero-order valence-electron chi connectivity index (χ0n) is 17.3. The Balaban J connectivity index is 1.54. The van der Waals surface area contributed by atoms with Gasteiger partial charge in [-0.2, -0.15) is 5.26 Å². The number of anilines is 2. The molecule has 1 aromatic heterocycles. The molecule has 3 aromatic rings. The molecule has 0 unspecified atom stereocenters. The van der Waals surface area contributed by atoms with Crippen molar-refractivity contribution in [1.82, 2.24) is 20.2 Å². The normalized spacial score (nSPS) is 10.9. The van der Waals surface area contributed by atoms with Crippen LogP contribution in [0.1, 0.15) is 29.8 Å². The molecule has 0 atom stereocenters. The number of thioether (sulfide) groups is 1. The maximum atomic E-state index is 12.5. The summed E-state index contributed by atoms with van der Waals surface area (Å²) in [5.74, 6) is -0.309. The molecule has 9 nitrogen and oxygen atoms in total. The van der Waals surface area contributed by atoms with E-state index in [0.29, 0.717) is 22.1 Å². The molecule has 31 heavy (non-hydrogen) atoms. The van der Waals surface area contributed by atoms with Gasteiger partial charge in [0.2, 0.25) is 11.1 Å². The molecule has 10 heteroatoms. The molecule has 2 aromatic carbocycles. The summed E-state index contributed by atoms with van der Waals surface area (Å²) in [7, 11) is 1.70. The Labute approximate surface area is 183 Å². The van der Waals surface area contributed by atoms with E-state index in [-0.39, 0.29) is 17.6 Å². The van der Waals surface area contributed by atoms with E-state index in [9.17, 15) is 14.9 Å². The van der Waals surface area contributed by atoms with Crippen molar-refractivity contribution >= 4 is 35.0 Å². The number of carbonyl (C=O) groups is 2. The van der Waals surface area contributed by atoms with Gasteiger partial charge < -0.3 is 10.6 Å². The molecule has 0 bridgehead atoms. The number of nitrogens with zero attached hydrogens (tertiary/aromatic N) is 5. The van der Waals surface area contributed by atoms with Crippen molar-refractivity contribution in [3.05, 3.63) is 59.7 Å². The number of rotatable bonds is 7. The first-order chi connectivity index (χ1) is 14.8. The summed E-state index contributed by atoms with van der Waals surface area (Å²) < 4.78 is 1.49. The molecule has 0 aliphatic heterocycles. The van der Waals surface area contributed by atoms with E-state index in [1.807, 2.05) is 26.0 Å². The van der Waals surface area contributed by atoms with E-state index in [1.54, 1.807) is 43.4 Å². The SMILES string of the molecule is Cn1nnnc1SCC(=O)Nc1ccc(C(=O)Nc2ccc(C(C)(C)C#N)cc2)cc1.